The molecule has 8 bridgehead atoms. The second-order valence-electron chi connectivity index (χ2n) is 19.2. The summed E-state index contributed by atoms with van der Waals surface area (Å²) in [6.45, 7) is 1.69. The third-order valence-corrected chi connectivity index (χ3v) is 14.4. The summed E-state index contributed by atoms with van der Waals surface area (Å²) in [5.41, 5.74) is 12.5. The van der Waals surface area contributed by atoms with Crippen molar-refractivity contribution in [2.45, 2.75) is 51.9 Å². The Balaban J connectivity index is 1.00. The molecule has 0 saturated heterocycles. The predicted octanol–water partition coefficient (Wildman–Crippen LogP) is 10.8. The summed E-state index contributed by atoms with van der Waals surface area (Å²) >= 11 is 0. The molecule has 0 radical (unpaired) electrons. The van der Waals surface area contributed by atoms with Crippen molar-refractivity contribution in [1.29, 1.82) is 0 Å². The molecule has 72 heavy (non-hydrogen) atoms. The Bertz CT molecular complexity index is 3470. The standard InChI is InChI=1S/C60H48N8O4/c69-57-45-17-37(33-65-53-13-5-1-9-41(53)29-61-65)18-46(57)26-48-20-39(35-67-55-15-7-3-11-43(55)31-63-67)22-50(59(48)71)28-52-24-40(36-68-56-16-8-4-12-44(56)32-64-68)23-51(60(52)72)27-49-21-38(19-47(25-45)58(49)70)34-66-54-14-6-2-10-42(54)30-62-66/h1-24,29-32,69-72H,25-28,33-36H2. The molecule has 0 spiro atoms. The molecule has 0 saturated carbocycles. The smallest absolute Gasteiger partial charge is 0.122 e. The Morgan fingerprint density at radius 3 is 0.694 bits per heavy atom. The maximum absolute atomic E-state index is 12.5. The van der Waals surface area contributed by atoms with Gasteiger partial charge in [0, 0.05) is 47.2 Å². The number of nitrogens with zero attached hydrogens (tertiary/aromatic N) is 8. The van der Waals surface area contributed by atoms with E-state index in [-0.39, 0.29) is 48.7 Å². The maximum Gasteiger partial charge on any atom is 0.122 e. The zero-order valence-corrected chi connectivity index (χ0v) is 39.2. The van der Waals surface area contributed by atoms with Gasteiger partial charge in [-0.3, -0.25) is 18.7 Å². The molecule has 1 aliphatic carbocycles. The van der Waals surface area contributed by atoms with Crippen LogP contribution in [0.15, 0.2) is 170 Å². The zero-order chi connectivity index (χ0) is 48.5. The summed E-state index contributed by atoms with van der Waals surface area (Å²) < 4.78 is 7.83. The molecular formula is C60H48N8O4. The molecule has 0 amide bonds. The molecule has 12 heteroatoms. The highest BCUT2D eigenvalue weighted by Crippen LogP contribution is 2.40. The molecule has 0 fully saturated rings. The molecule has 0 unspecified atom stereocenters. The molecule has 8 aromatic carbocycles. The molecule has 0 atom stereocenters. The molecule has 4 heterocycles. The number of hydrogen-bond acceptors (Lipinski definition) is 8. The third-order valence-electron chi connectivity index (χ3n) is 14.4. The first-order chi connectivity index (χ1) is 35.2. The molecule has 0 aliphatic heterocycles. The minimum Gasteiger partial charge on any atom is -0.507 e. The SMILES string of the molecule is Oc1c2cc(Cn3ncc4ccccc43)cc1Cc1cc(Cn3ncc4ccccc43)cc(c1O)Cc1cc(Cn3ncc4ccccc43)cc(c1O)Cc1cc(Cn3ncc4ccccc43)cc(c1O)C2. The fraction of sp³-hybridized carbons (Fsp3) is 0.133. The van der Waals surface area contributed by atoms with E-state index in [9.17, 15) is 20.4 Å². The van der Waals surface area contributed by atoms with Gasteiger partial charge >= 0.3 is 0 Å². The largest absolute Gasteiger partial charge is 0.507 e. The molecule has 352 valence electrons. The van der Waals surface area contributed by atoms with Crippen molar-refractivity contribution in [2.75, 3.05) is 0 Å². The lowest BCUT2D eigenvalue weighted by Gasteiger charge is -2.20. The Hall–Kier alpha value is -9.16. The van der Waals surface area contributed by atoms with E-state index in [0.29, 0.717) is 70.7 Å². The monoisotopic (exact) mass is 944 g/mol. The van der Waals surface area contributed by atoms with Gasteiger partial charge in [-0.1, -0.05) is 72.8 Å². The van der Waals surface area contributed by atoms with E-state index in [1.165, 1.54) is 0 Å². The lowest BCUT2D eigenvalue weighted by molar-refractivity contribution is 0.449. The Morgan fingerprint density at radius 2 is 0.486 bits per heavy atom. The van der Waals surface area contributed by atoms with Crippen LogP contribution in [0.4, 0.5) is 0 Å². The molecule has 12 aromatic rings. The molecule has 4 aromatic heterocycles. The third kappa shape index (κ3) is 7.83. The highest BCUT2D eigenvalue weighted by molar-refractivity contribution is 5.80. The van der Waals surface area contributed by atoms with Gasteiger partial charge < -0.3 is 20.4 Å². The lowest BCUT2D eigenvalue weighted by Crippen LogP contribution is -2.08. The second-order valence-corrected chi connectivity index (χ2v) is 19.2. The van der Waals surface area contributed by atoms with Gasteiger partial charge in [0.05, 0.1) is 73.0 Å². The van der Waals surface area contributed by atoms with Crippen molar-refractivity contribution in [3.8, 4) is 23.0 Å². The molecule has 1 aliphatic rings. The van der Waals surface area contributed by atoms with E-state index in [0.717, 1.165) is 65.9 Å². The number of rotatable bonds is 8. The van der Waals surface area contributed by atoms with Crippen molar-refractivity contribution in [2.24, 2.45) is 0 Å². The summed E-state index contributed by atoms with van der Waals surface area (Å²) in [6, 6.07) is 48.3. The van der Waals surface area contributed by atoms with Gasteiger partial charge in [0.15, 0.2) is 0 Å². The lowest BCUT2D eigenvalue weighted by atomic mass is 9.88. The first kappa shape index (κ1) is 42.9. The second kappa shape index (κ2) is 17.4. The molecule has 13 rings (SSSR count). The van der Waals surface area contributed by atoms with E-state index < -0.39 is 0 Å². The number of aromatic hydroxyl groups is 4. The highest BCUT2D eigenvalue weighted by Gasteiger charge is 2.23. The van der Waals surface area contributed by atoms with Crippen LogP contribution in [0, 0.1) is 0 Å². The van der Waals surface area contributed by atoms with Crippen LogP contribution >= 0.6 is 0 Å². The number of aromatic nitrogens is 8. The summed E-state index contributed by atoms with van der Waals surface area (Å²) in [6.07, 6.45) is 8.19. The van der Waals surface area contributed by atoms with Crippen LogP contribution in [0.3, 0.4) is 0 Å². The quantitative estimate of drug-likeness (QED) is 0.118. The van der Waals surface area contributed by atoms with Crippen LogP contribution in [0.25, 0.3) is 43.6 Å². The molecule has 12 nitrogen and oxygen atoms in total. The maximum atomic E-state index is 12.5. The van der Waals surface area contributed by atoms with Gasteiger partial charge in [0.1, 0.15) is 23.0 Å². The summed E-state index contributed by atoms with van der Waals surface area (Å²) in [5.74, 6) is 0.347. The van der Waals surface area contributed by atoms with Crippen molar-refractivity contribution >= 4 is 43.6 Å². The average Bonchev–Trinajstić information content (AvgIpc) is 4.20. The van der Waals surface area contributed by atoms with Crippen LogP contribution in [0.1, 0.15) is 66.8 Å². The number of phenols is 4. The van der Waals surface area contributed by atoms with Crippen molar-refractivity contribution in [3.05, 3.63) is 237 Å². The first-order valence-corrected chi connectivity index (χ1v) is 24.2. The number of fused-ring (bicyclic) bond motifs is 12. The zero-order valence-electron chi connectivity index (χ0n) is 39.2. The van der Waals surface area contributed by atoms with Crippen molar-refractivity contribution in [3.63, 3.8) is 0 Å². The summed E-state index contributed by atoms with van der Waals surface area (Å²) in [7, 11) is 0. The Kier molecular flexibility index (Phi) is 10.3. The van der Waals surface area contributed by atoms with Gasteiger partial charge in [-0.2, -0.15) is 20.4 Å². The minimum atomic E-state index is 0.0867. The predicted molar refractivity (Wildman–Crippen MR) is 279 cm³/mol. The van der Waals surface area contributed by atoms with E-state index in [1.807, 2.05) is 189 Å². The summed E-state index contributed by atoms with van der Waals surface area (Å²) in [5, 5.41) is 73.1. The van der Waals surface area contributed by atoms with Gasteiger partial charge in [0.25, 0.3) is 0 Å². The Morgan fingerprint density at radius 1 is 0.292 bits per heavy atom. The molecule has 4 N–H and O–H groups in total. The average molecular weight is 945 g/mol. The van der Waals surface area contributed by atoms with Crippen molar-refractivity contribution in [1.82, 2.24) is 39.1 Å². The Labute approximate surface area is 413 Å². The van der Waals surface area contributed by atoms with E-state index in [1.54, 1.807) is 0 Å². The normalized spacial score (nSPS) is 12.7. The van der Waals surface area contributed by atoms with Gasteiger partial charge in [-0.15, -0.1) is 0 Å². The fourth-order valence-electron chi connectivity index (χ4n) is 10.9. The number of hydrogen-bond donors (Lipinski definition) is 4. The highest BCUT2D eigenvalue weighted by atomic mass is 16.3. The van der Waals surface area contributed by atoms with Gasteiger partial charge in [-0.05, 0) is 140 Å². The van der Waals surface area contributed by atoms with Gasteiger partial charge in [-0.25, -0.2) is 0 Å². The number of benzene rings is 8. The van der Waals surface area contributed by atoms with Crippen LogP contribution in [-0.2, 0) is 51.9 Å². The van der Waals surface area contributed by atoms with Crippen LogP contribution < -0.4 is 0 Å². The summed E-state index contributed by atoms with van der Waals surface area (Å²) in [4.78, 5) is 0. The van der Waals surface area contributed by atoms with Crippen LogP contribution in [-0.4, -0.2) is 59.5 Å². The number of phenolic OH excluding ortho intramolecular Hbond substituents is 4. The fourth-order valence-corrected chi connectivity index (χ4v) is 10.9. The van der Waals surface area contributed by atoms with Gasteiger partial charge in [0.2, 0.25) is 0 Å². The van der Waals surface area contributed by atoms with Crippen molar-refractivity contribution < 1.29 is 20.4 Å². The number of para-hydroxylation sites is 4. The molecular weight excluding hydrogens is 897 g/mol. The van der Waals surface area contributed by atoms with E-state index in [4.69, 9.17) is 20.4 Å². The van der Waals surface area contributed by atoms with Crippen LogP contribution in [0.2, 0.25) is 0 Å². The topological polar surface area (TPSA) is 152 Å². The van der Waals surface area contributed by atoms with E-state index >= 15 is 0 Å². The minimum absolute atomic E-state index is 0.0867. The van der Waals surface area contributed by atoms with Crippen LogP contribution in [0.5, 0.6) is 23.0 Å². The first-order valence-electron chi connectivity index (χ1n) is 24.2. The van der Waals surface area contributed by atoms with E-state index in [2.05, 4.69) is 0 Å².